The summed E-state index contributed by atoms with van der Waals surface area (Å²) in [5, 5.41) is 2.62. The molecule has 2 aliphatic carbocycles. The summed E-state index contributed by atoms with van der Waals surface area (Å²) in [5.41, 5.74) is 3.76. The lowest BCUT2D eigenvalue weighted by molar-refractivity contribution is -0.136. The molecule has 2 amide bonds. The molecule has 1 fully saturated rings. The number of benzene rings is 2. The van der Waals surface area contributed by atoms with E-state index in [9.17, 15) is 14.0 Å². The van der Waals surface area contributed by atoms with Gasteiger partial charge in [0.05, 0.1) is 11.7 Å². The number of carbonyl (C=O) groups excluding carboxylic acids is 2. The van der Waals surface area contributed by atoms with Gasteiger partial charge in [0.2, 0.25) is 11.8 Å². The number of likely N-dealkylation sites (tertiary alicyclic amines) is 1. The number of fused-ring (bicyclic) bond motifs is 5. The minimum atomic E-state index is -0.893. The highest BCUT2D eigenvalue weighted by Crippen LogP contribution is 2.53. The van der Waals surface area contributed by atoms with Gasteiger partial charge in [-0.15, -0.1) is 0 Å². The van der Waals surface area contributed by atoms with Crippen LogP contribution in [-0.2, 0) is 27.8 Å². The van der Waals surface area contributed by atoms with Gasteiger partial charge < -0.3 is 15.0 Å². The number of amides is 2. The van der Waals surface area contributed by atoms with E-state index in [0.717, 1.165) is 36.1 Å². The predicted molar refractivity (Wildman–Crippen MR) is 123 cm³/mol. The number of hydrogen-bond acceptors (Lipinski definition) is 3. The van der Waals surface area contributed by atoms with E-state index < -0.39 is 17.1 Å². The van der Waals surface area contributed by atoms with Crippen molar-refractivity contribution in [2.24, 2.45) is 0 Å². The van der Waals surface area contributed by atoms with E-state index >= 15 is 0 Å². The molecular weight excluding hydrogens is 419 g/mol. The van der Waals surface area contributed by atoms with Crippen molar-refractivity contribution in [2.45, 2.75) is 43.6 Å². The van der Waals surface area contributed by atoms with Crippen molar-refractivity contribution in [3.05, 3.63) is 82.7 Å². The zero-order valence-electron chi connectivity index (χ0n) is 18.3. The van der Waals surface area contributed by atoms with Gasteiger partial charge in [0, 0.05) is 5.56 Å². The van der Waals surface area contributed by atoms with E-state index in [-0.39, 0.29) is 30.8 Å². The molecule has 0 radical (unpaired) electrons. The topological polar surface area (TPSA) is 58.6 Å². The second-order valence-corrected chi connectivity index (χ2v) is 9.28. The van der Waals surface area contributed by atoms with E-state index in [1.807, 2.05) is 18.2 Å². The molecule has 2 aromatic rings. The number of para-hydroxylation sites is 1. The number of hydrogen-bond donors (Lipinski definition) is 1. The zero-order chi connectivity index (χ0) is 22.6. The molecule has 1 N–H and O–H groups in total. The van der Waals surface area contributed by atoms with Crippen LogP contribution >= 0.6 is 0 Å². The lowest BCUT2D eigenvalue weighted by Crippen LogP contribution is -2.43. The summed E-state index contributed by atoms with van der Waals surface area (Å²) >= 11 is 0. The Morgan fingerprint density at radius 3 is 2.79 bits per heavy atom. The summed E-state index contributed by atoms with van der Waals surface area (Å²) in [4.78, 5) is 28.5. The quantitative estimate of drug-likeness (QED) is 0.777. The summed E-state index contributed by atoms with van der Waals surface area (Å²) in [6.07, 6.45) is 11.1. The molecule has 6 heteroatoms. The third kappa shape index (κ3) is 3.04. The van der Waals surface area contributed by atoms with Crippen LogP contribution in [0.3, 0.4) is 0 Å². The van der Waals surface area contributed by atoms with Crippen molar-refractivity contribution in [3.63, 3.8) is 0 Å². The number of aryl methyl sites for hydroxylation is 2. The second kappa shape index (κ2) is 7.58. The lowest BCUT2D eigenvalue weighted by Gasteiger charge is -2.25. The molecule has 4 aliphatic rings. The number of anilines is 1. The number of nitrogens with one attached hydrogen (secondary N) is 1. The molecule has 2 unspecified atom stereocenters. The Labute approximate surface area is 191 Å². The van der Waals surface area contributed by atoms with Crippen LogP contribution in [0.1, 0.15) is 36.0 Å². The highest BCUT2D eigenvalue weighted by molar-refractivity contribution is 6.02. The second-order valence-electron chi connectivity index (χ2n) is 9.28. The average molecular weight is 445 g/mol. The Bertz CT molecular complexity index is 1230. The van der Waals surface area contributed by atoms with Gasteiger partial charge in [0.15, 0.2) is 0 Å². The standard InChI is InChI=1S/C27H25FN2O3/c28-21-10-4-5-11-22(21)29-25(31)15-30-23-12-6-3-9-19(23)27(26(30)32)16-33-24-14-18-8-2-1-7-17(18)13-20(24)27/h3-6,9-11,13-14,23H,1-2,7-8,12,15-16H2,(H,29,31). The van der Waals surface area contributed by atoms with Gasteiger partial charge in [0.25, 0.3) is 0 Å². The van der Waals surface area contributed by atoms with Crippen molar-refractivity contribution in [2.75, 3.05) is 18.5 Å². The highest BCUT2D eigenvalue weighted by atomic mass is 19.1. The number of ether oxygens (including phenoxy) is 1. The Balaban J connectivity index is 1.35. The van der Waals surface area contributed by atoms with Gasteiger partial charge in [-0.3, -0.25) is 9.59 Å². The lowest BCUT2D eigenvalue weighted by atomic mass is 9.73. The Hall–Kier alpha value is -3.41. The Morgan fingerprint density at radius 2 is 1.97 bits per heavy atom. The first kappa shape index (κ1) is 20.2. The average Bonchev–Trinajstić information content (AvgIpc) is 3.31. The number of halogens is 1. The summed E-state index contributed by atoms with van der Waals surface area (Å²) < 4.78 is 20.1. The van der Waals surface area contributed by atoms with Gasteiger partial charge in [0.1, 0.15) is 30.1 Å². The minimum absolute atomic E-state index is 0.111. The molecule has 0 saturated carbocycles. The molecule has 2 atom stereocenters. The van der Waals surface area contributed by atoms with E-state index in [1.165, 1.54) is 29.7 Å². The normalized spacial score (nSPS) is 24.8. The first-order chi connectivity index (χ1) is 16.1. The van der Waals surface area contributed by atoms with Gasteiger partial charge in [-0.1, -0.05) is 36.4 Å². The molecule has 0 aromatic heterocycles. The summed E-state index contributed by atoms with van der Waals surface area (Å²) in [7, 11) is 0. The van der Waals surface area contributed by atoms with Crippen molar-refractivity contribution in [3.8, 4) is 5.75 Å². The molecule has 2 aliphatic heterocycles. The van der Waals surface area contributed by atoms with Crippen LogP contribution in [0.2, 0.25) is 0 Å². The Morgan fingerprint density at radius 1 is 1.18 bits per heavy atom. The van der Waals surface area contributed by atoms with Gasteiger partial charge in [-0.25, -0.2) is 4.39 Å². The third-order valence-corrected chi connectivity index (χ3v) is 7.44. The maximum absolute atomic E-state index is 14.0. The molecule has 0 bridgehead atoms. The van der Waals surface area contributed by atoms with Crippen LogP contribution < -0.4 is 10.1 Å². The van der Waals surface area contributed by atoms with Gasteiger partial charge in [-0.05, 0) is 67.0 Å². The fraction of sp³-hybridized carbons (Fsp3) is 0.333. The van der Waals surface area contributed by atoms with Crippen LogP contribution in [0, 0.1) is 5.82 Å². The van der Waals surface area contributed by atoms with Gasteiger partial charge in [-0.2, -0.15) is 0 Å². The van der Waals surface area contributed by atoms with Crippen molar-refractivity contribution in [1.29, 1.82) is 0 Å². The maximum atomic E-state index is 14.0. The van der Waals surface area contributed by atoms with Gasteiger partial charge >= 0.3 is 0 Å². The number of nitrogens with zero attached hydrogens (tertiary/aromatic N) is 1. The smallest absolute Gasteiger partial charge is 0.244 e. The van der Waals surface area contributed by atoms with Crippen LogP contribution in [0.15, 0.2) is 60.2 Å². The molecule has 33 heavy (non-hydrogen) atoms. The molecule has 2 aromatic carbocycles. The first-order valence-electron chi connectivity index (χ1n) is 11.6. The number of allylic oxidation sites excluding steroid dienone is 2. The fourth-order valence-electron chi connectivity index (χ4n) is 5.83. The molecular formula is C27H25FN2O3. The van der Waals surface area contributed by atoms with Crippen LogP contribution in [0.5, 0.6) is 5.75 Å². The predicted octanol–water partition coefficient (Wildman–Crippen LogP) is 4.07. The van der Waals surface area contributed by atoms with Crippen LogP contribution in [-0.4, -0.2) is 35.9 Å². The van der Waals surface area contributed by atoms with E-state index in [1.54, 1.807) is 17.0 Å². The van der Waals surface area contributed by atoms with E-state index in [0.29, 0.717) is 6.42 Å². The molecule has 168 valence electrons. The molecule has 1 saturated heterocycles. The van der Waals surface area contributed by atoms with Crippen molar-refractivity contribution < 1.29 is 18.7 Å². The fourth-order valence-corrected chi connectivity index (χ4v) is 5.83. The summed E-state index contributed by atoms with van der Waals surface area (Å²) in [6.45, 7) is 0.122. The van der Waals surface area contributed by atoms with Crippen molar-refractivity contribution >= 4 is 17.5 Å². The molecule has 6 rings (SSSR count). The summed E-state index contributed by atoms with van der Waals surface area (Å²) in [6, 6.07) is 10.1. The summed E-state index contributed by atoms with van der Waals surface area (Å²) in [5.74, 6) is -0.236. The van der Waals surface area contributed by atoms with Crippen LogP contribution in [0.4, 0.5) is 10.1 Å². The van der Waals surface area contributed by atoms with E-state index in [4.69, 9.17) is 4.74 Å². The largest absolute Gasteiger partial charge is 0.491 e. The maximum Gasteiger partial charge on any atom is 0.244 e. The SMILES string of the molecule is O=C(CN1C(=O)C2(COc3cc4c(cc32)CCCC4)C2=CC=CCC21)Nc1ccccc1F. The monoisotopic (exact) mass is 444 g/mol. The number of carbonyl (C=O) groups is 2. The third-order valence-electron chi connectivity index (χ3n) is 7.44. The van der Waals surface area contributed by atoms with Crippen LogP contribution in [0.25, 0.3) is 0 Å². The zero-order valence-corrected chi connectivity index (χ0v) is 18.3. The van der Waals surface area contributed by atoms with E-state index in [2.05, 4.69) is 17.4 Å². The molecule has 2 heterocycles. The van der Waals surface area contributed by atoms with Crippen molar-refractivity contribution in [1.82, 2.24) is 4.90 Å². The molecule has 5 nitrogen and oxygen atoms in total. The molecule has 1 spiro atoms. The minimum Gasteiger partial charge on any atom is -0.491 e. The Kier molecular flexibility index (Phi) is 4.64. The highest BCUT2D eigenvalue weighted by Gasteiger charge is 2.60. The first-order valence-corrected chi connectivity index (χ1v) is 11.6. The number of rotatable bonds is 3.